The van der Waals surface area contributed by atoms with Crippen molar-refractivity contribution in [3.05, 3.63) is 65.2 Å². The summed E-state index contributed by atoms with van der Waals surface area (Å²) in [6.45, 7) is 4.00. The molecule has 0 aromatic heterocycles. The molecule has 0 saturated carbocycles. The largest absolute Gasteiger partial charge is 0.294 e. The molecule has 4 rings (SSSR count). The van der Waals surface area contributed by atoms with Gasteiger partial charge in [-0.3, -0.25) is 19.7 Å². The molecule has 122 valence electrons. The van der Waals surface area contributed by atoms with Crippen molar-refractivity contribution in [3.63, 3.8) is 0 Å². The first-order valence-corrected chi connectivity index (χ1v) is 7.99. The molecule has 0 bridgehead atoms. The van der Waals surface area contributed by atoms with Crippen LogP contribution in [0.1, 0.15) is 22.7 Å². The van der Waals surface area contributed by atoms with Crippen LogP contribution < -0.4 is 10.4 Å². The average Bonchev–Trinajstić information content (AvgIpc) is 3.08. The van der Waals surface area contributed by atoms with Crippen LogP contribution in [-0.4, -0.2) is 17.9 Å². The van der Waals surface area contributed by atoms with Crippen LogP contribution in [0.4, 0.5) is 5.69 Å². The fraction of sp³-hybridized carbons (Fsp3) is 0.263. The van der Waals surface area contributed by atoms with Crippen LogP contribution in [-0.2, 0) is 14.4 Å². The summed E-state index contributed by atoms with van der Waals surface area (Å²) in [5.41, 5.74) is 4.00. The van der Waals surface area contributed by atoms with E-state index in [1.54, 1.807) is 5.06 Å². The van der Waals surface area contributed by atoms with Crippen LogP contribution in [0.2, 0.25) is 0 Å². The molecule has 2 heterocycles. The number of hydroxylamine groups is 1. The number of amides is 2. The topological polar surface area (TPSA) is 58.6 Å². The summed E-state index contributed by atoms with van der Waals surface area (Å²) in [6.07, 6.45) is -0.775. The van der Waals surface area contributed by atoms with E-state index in [1.165, 1.54) is 0 Å². The number of nitrogens with zero attached hydrogens (tertiary/aromatic N) is 1. The number of hydrogen-bond acceptors (Lipinski definition) is 4. The zero-order chi connectivity index (χ0) is 16.8. The van der Waals surface area contributed by atoms with E-state index in [0.29, 0.717) is 0 Å². The number of imide groups is 1. The number of fused-ring (bicyclic) bond motifs is 1. The minimum absolute atomic E-state index is 0.272. The van der Waals surface area contributed by atoms with Gasteiger partial charge in [0.15, 0.2) is 6.10 Å². The van der Waals surface area contributed by atoms with Crippen molar-refractivity contribution in [2.75, 3.05) is 5.06 Å². The van der Waals surface area contributed by atoms with Gasteiger partial charge in [-0.1, -0.05) is 48.0 Å². The van der Waals surface area contributed by atoms with E-state index in [4.69, 9.17) is 4.84 Å². The van der Waals surface area contributed by atoms with Gasteiger partial charge in [-0.05, 0) is 31.0 Å². The fourth-order valence-corrected chi connectivity index (χ4v) is 3.46. The summed E-state index contributed by atoms with van der Waals surface area (Å²) in [5.74, 6) is -1.18. The van der Waals surface area contributed by atoms with E-state index in [-0.39, 0.29) is 17.9 Å². The summed E-state index contributed by atoms with van der Waals surface area (Å²) in [6, 6.07) is 15.5. The van der Waals surface area contributed by atoms with Gasteiger partial charge in [-0.2, -0.15) is 0 Å². The van der Waals surface area contributed by atoms with Gasteiger partial charge in [-0.15, -0.1) is 0 Å². The molecule has 5 heteroatoms. The standard InChI is InChI=1S/C19H18N2O3/c1-11-7-9-13(10-8-11)16-15-17(19(23)20-18(15)22)24-21(16)14-6-4-3-5-12(14)2/h3-10,15-17H,1-2H3,(H,20,22,23)/t15-,16+,17-/m1/s1. The predicted octanol–water partition coefficient (Wildman–Crippen LogP) is 2.44. The molecule has 5 nitrogen and oxygen atoms in total. The molecule has 1 N–H and O–H groups in total. The molecule has 24 heavy (non-hydrogen) atoms. The Morgan fingerprint density at radius 1 is 0.958 bits per heavy atom. The number of carbonyl (C=O) groups is 2. The lowest BCUT2D eigenvalue weighted by Gasteiger charge is -2.28. The van der Waals surface area contributed by atoms with Gasteiger partial charge < -0.3 is 0 Å². The van der Waals surface area contributed by atoms with Crippen LogP contribution >= 0.6 is 0 Å². The molecular formula is C19H18N2O3. The number of benzene rings is 2. The van der Waals surface area contributed by atoms with E-state index in [2.05, 4.69) is 5.32 Å². The summed E-state index contributed by atoms with van der Waals surface area (Å²) in [7, 11) is 0. The second-order valence-electron chi connectivity index (χ2n) is 6.37. The molecule has 2 fully saturated rings. The Morgan fingerprint density at radius 3 is 2.38 bits per heavy atom. The third kappa shape index (κ3) is 2.20. The lowest BCUT2D eigenvalue weighted by molar-refractivity contribution is -0.129. The van der Waals surface area contributed by atoms with Crippen molar-refractivity contribution >= 4 is 17.5 Å². The van der Waals surface area contributed by atoms with Gasteiger partial charge >= 0.3 is 0 Å². The lowest BCUT2D eigenvalue weighted by atomic mass is 9.90. The first-order valence-electron chi connectivity index (χ1n) is 7.99. The summed E-state index contributed by atoms with van der Waals surface area (Å²) >= 11 is 0. The Bertz CT molecular complexity index is 816. The molecule has 0 unspecified atom stereocenters. The molecule has 2 aromatic carbocycles. The molecular weight excluding hydrogens is 304 g/mol. The maximum absolute atomic E-state index is 12.3. The zero-order valence-electron chi connectivity index (χ0n) is 13.5. The Balaban J connectivity index is 1.83. The van der Waals surface area contributed by atoms with Gasteiger partial charge in [0, 0.05) is 0 Å². The van der Waals surface area contributed by atoms with E-state index < -0.39 is 12.0 Å². The van der Waals surface area contributed by atoms with Gasteiger partial charge in [0.2, 0.25) is 5.91 Å². The van der Waals surface area contributed by atoms with Crippen LogP contribution in [0.3, 0.4) is 0 Å². The zero-order valence-corrected chi connectivity index (χ0v) is 13.5. The Hall–Kier alpha value is -2.66. The highest BCUT2D eigenvalue weighted by molar-refractivity contribution is 6.07. The number of carbonyl (C=O) groups excluding carboxylic acids is 2. The van der Waals surface area contributed by atoms with Crippen LogP contribution in [0.25, 0.3) is 0 Å². The third-order valence-corrected chi connectivity index (χ3v) is 4.73. The minimum Gasteiger partial charge on any atom is -0.294 e. The molecule has 2 aromatic rings. The first-order chi connectivity index (χ1) is 11.6. The number of nitrogens with one attached hydrogen (secondary N) is 1. The Labute approximate surface area is 140 Å². The molecule has 0 spiro atoms. The van der Waals surface area contributed by atoms with Crippen molar-refractivity contribution in [2.45, 2.75) is 26.0 Å². The quantitative estimate of drug-likeness (QED) is 0.863. The molecule has 2 aliphatic rings. The molecule has 2 amide bonds. The van der Waals surface area contributed by atoms with Crippen LogP contribution in [0, 0.1) is 19.8 Å². The number of anilines is 1. The number of aryl methyl sites for hydroxylation is 2. The van der Waals surface area contributed by atoms with E-state index in [0.717, 1.165) is 22.4 Å². The summed E-state index contributed by atoms with van der Waals surface area (Å²) in [5, 5.41) is 4.12. The van der Waals surface area contributed by atoms with E-state index >= 15 is 0 Å². The smallest absolute Gasteiger partial charge is 0.259 e. The fourth-order valence-electron chi connectivity index (χ4n) is 3.46. The van der Waals surface area contributed by atoms with Crippen LogP contribution in [0.15, 0.2) is 48.5 Å². The minimum atomic E-state index is -0.775. The molecule has 0 aliphatic carbocycles. The monoisotopic (exact) mass is 322 g/mol. The first kappa shape index (κ1) is 14.9. The molecule has 3 atom stereocenters. The second-order valence-corrected chi connectivity index (χ2v) is 6.37. The van der Waals surface area contributed by atoms with Gasteiger partial charge in [0.1, 0.15) is 5.92 Å². The highest BCUT2D eigenvalue weighted by Gasteiger charge is 2.56. The summed E-state index contributed by atoms with van der Waals surface area (Å²) in [4.78, 5) is 30.3. The second kappa shape index (κ2) is 5.46. The average molecular weight is 322 g/mol. The van der Waals surface area contributed by atoms with E-state index in [9.17, 15) is 9.59 Å². The van der Waals surface area contributed by atoms with Gasteiger partial charge in [-0.25, -0.2) is 5.06 Å². The Morgan fingerprint density at radius 2 is 1.67 bits per heavy atom. The van der Waals surface area contributed by atoms with Gasteiger partial charge in [0.25, 0.3) is 5.91 Å². The SMILES string of the molecule is Cc1ccc([C@H]2[C@H]3C(=O)NC(=O)[C@@H]3ON2c2ccccc2C)cc1. The van der Waals surface area contributed by atoms with Gasteiger partial charge in [0.05, 0.1) is 11.7 Å². The third-order valence-electron chi connectivity index (χ3n) is 4.73. The molecule has 2 saturated heterocycles. The molecule has 0 radical (unpaired) electrons. The highest BCUT2D eigenvalue weighted by Crippen LogP contribution is 2.45. The van der Waals surface area contributed by atoms with Crippen molar-refractivity contribution in [2.24, 2.45) is 5.92 Å². The molecule has 2 aliphatic heterocycles. The lowest BCUT2D eigenvalue weighted by Crippen LogP contribution is -2.33. The van der Waals surface area contributed by atoms with Crippen molar-refractivity contribution in [3.8, 4) is 0 Å². The summed E-state index contributed by atoms with van der Waals surface area (Å²) < 4.78 is 0. The number of rotatable bonds is 2. The van der Waals surface area contributed by atoms with Crippen molar-refractivity contribution in [1.82, 2.24) is 5.32 Å². The van der Waals surface area contributed by atoms with Crippen molar-refractivity contribution < 1.29 is 14.4 Å². The number of para-hydroxylation sites is 1. The van der Waals surface area contributed by atoms with Crippen LogP contribution in [0.5, 0.6) is 0 Å². The van der Waals surface area contributed by atoms with E-state index in [1.807, 2.05) is 62.4 Å². The maximum atomic E-state index is 12.3. The maximum Gasteiger partial charge on any atom is 0.259 e. The predicted molar refractivity (Wildman–Crippen MR) is 89.1 cm³/mol. The number of hydrogen-bond donors (Lipinski definition) is 1. The normalized spacial score (nSPS) is 25.8. The van der Waals surface area contributed by atoms with Crippen molar-refractivity contribution in [1.29, 1.82) is 0 Å². The Kier molecular flexibility index (Phi) is 3.39. The highest BCUT2D eigenvalue weighted by atomic mass is 16.7.